The van der Waals surface area contributed by atoms with Crippen LogP contribution in [0.2, 0.25) is 0 Å². The van der Waals surface area contributed by atoms with Crippen molar-refractivity contribution in [2.45, 2.75) is 24.3 Å². The van der Waals surface area contributed by atoms with E-state index in [0.29, 0.717) is 12.2 Å². The molecule has 0 aliphatic carbocycles. The van der Waals surface area contributed by atoms with E-state index in [4.69, 9.17) is 0 Å². The van der Waals surface area contributed by atoms with Gasteiger partial charge in [0.1, 0.15) is 4.90 Å². The summed E-state index contributed by atoms with van der Waals surface area (Å²) in [6.45, 7) is 1.94. The van der Waals surface area contributed by atoms with Crippen molar-refractivity contribution < 1.29 is 8.42 Å². The van der Waals surface area contributed by atoms with E-state index in [0.717, 1.165) is 5.56 Å². The van der Waals surface area contributed by atoms with Gasteiger partial charge in [-0.1, -0.05) is 43.3 Å². The maximum Gasteiger partial charge on any atom is 0.244 e. The van der Waals surface area contributed by atoms with Gasteiger partial charge in [0.2, 0.25) is 10.0 Å². The maximum absolute atomic E-state index is 12.6. The molecule has 124 valence electrons. The molecule has 0 fully saturated rings. The zero-order valence-corrected chi connectivity index (χ0v) is 14.0. The van der Waals surface area contributed by atoms with E-state index in [-0.39, 0.29) is 10.9 Å². The van der Waals surface area contributed by atoms with E-state index in [2.05, 4.69) is 14.8 Å². The van der Waals surface area contributed by atoms with Gasteiger partial charge in [0.15, 0.2) is 5.82 Å². The lowest BCUT2D eigenvalue weighted by molar-refractivity contribution is 0.550. The number of rotatable bonds is 6. The Balaban J connectivity index is 1.84. The first-order valence-corrected chi connectivity index (χ1v) is 9.12. The molecule has 0 spiro atoms. The topological polar surface area (TPSA) is 76.9 Å². The normalized spacial score (nSPS) is 12.9. The molecule has 0 unspecified atom stereocenters. The van der Waals surface area contributed by atoms with Crippen molar-refractivity contribution in [2.24, 2.45) is 0 Å². The minimum Gasteiger partial charge on any atom is -0.237 e. The lowest BCUT2D eigenvalue weighted by Gasteiger charge is -2.16. The zero-order chi connectivity index (χ0) is 17.0. The molecule has 6 nitrogen and oxygen atoms in total. The Morgan fingerprint density at radius 2 is 1.88 bits per heavy atom. The molecule has 24 heavy (non-hydrogen) atoms. The Morgan fingerprint density at radius 1 is 1.12 bits per heavy atom. The number of hydrogen-bond donors (Lipinski definition) is 1. The smallest absolute Gasteiger partial charge is 0.237 e. The van der Waals surface area contributed by atoms with Gasteiger partial charge in [-0.2, -0.15) is 5.10 Å². The predicted molar refractivity (Wildman–Crippen MR) is 91.2 cm³/mol. The highest BCUT2D eigenvalue weighted by atomic mass is 32.2. The fourth-order valence-corrected chi connectivity index (χ4v) is 3.63. The van der Waals surface area contributed by atoms with Gasteiger partial charge in [-0.25, -0.2) is 22.8 Å². The van der Waals surface area contributed by atoms with Crippen LogP contribution in [0.15, 0.2) is 72.0 Å². The molecule has 7 heteroatoms. The molecule has 0 aliphatic heterocycles. The average molecular weight is 342 g/mol. The van der Waals surface area contributed by atoms with Gasteiger partial charge in [-0.05, 0) is 24.1 Å². The molecule has 1 N–H and O–H groups in total. The van der Waals surface area contributed by atoms with Crippen molar-refractivity contribution in [1.29, 1.82) is 0 Å². The highest BCUT2D eigenvalue weighted by Gasteiger charge is 2.22. The number of benzene rings is 1. The molecular weight excluding hydrogens is 324 g/mol. The van der Waals surface area contributed by atoms with Crippen LogP contribution in [0, 0.1) is 0 Å². The number of sulfonamides is 1. The SMILES string of the molecule is CC[C@H](NS(=O)(=O)c1cnn(-c2ccccn2)c1)c1ccccc1. The van der Waals surface area contributed by atoms with Crippen LogP contribution >= 0.6 is 0 Å². The second-order valence-electron chi connectivity index (χ2n) is 5.30. The Kier molecular flexibility index (Phi) is 4.73. The summed E-state index contributed by atoms with van der Waals surface area (Å²) in [5, 5.41) is 4.09. The van der Waals surface area contributed by atoms with Crippen molar-refractivity contribution in [1.82, 2.24) is 19.5 Å². The van der Waals surface area contributed by atoms with E-state index in [1.165, 1.54) is 17.1 Å². The van der Waals surface area contributed by atoms with Crippen molar-refractivity contribution >= 4 is 10.0 Å². The second kappa shape index (κ2) is 6.94. The van der Waals surface area contributed by atoms with Crippen molar-refractivity contribution in [3.8, 4) is 5.82 Å². The third kappa shape index (κ3) is 3.52. The summed E-state index contributed by atoms with van der Waals surface area (Å²) in [7, 11) is -3.67. The van der Waals surface area contributed by atoms with Crippen LogP contribution in [0.4, 0.5) is 0 Å². The molecule has 2 heterocycles. The molecule has 0 bridgehead atoms. The molecule has 0 amide bonds. The summed E-state index contributed by atoms with van der Waals surface area (Å²) < 4.78 is 29.5. The third-order valence-corrected chi connectivity index (χ3v) is 5.09. The summed E-state index contributed by atoms with van der Waals surface area (Å²) >= 11 is 0. The summed E-state index contributed by atoms with van der Waals surface area (Å²) in [6, 6.07) is 14.6. The van der Waals surface area contributed by atoms with Gasteiger partial charge in [0, 0.05) is 12.2 Å². The lowest BCUT2D eigenvalue weighted by Crippen LogP contribution is -2.28. The Morgan fingerprint density at radius 3 is 2.54 bits per heavy atom. The molecule has 0 aliphatic rings. The molecular formula is C17H18N4O2S. The number of nitrogens with one attached hydrogen (secondary N) is 1. The largest absolute Gasteiger partial charge is 0.244 e. The summed E-state index contributed by atoms with van der Waals surface area (Å²) in [5.41, 5.74) is 0.931. The fraction of sp³-hybridized carbons (Fsp3) is 0.176. The van der Waals surface area contributed by atoms with E-state index >= 15 is 0 Å². The summed E-state index contributed by atoms with van der Waals surface area (Å²) in [4.78, 5) is 4.27. The van der Waals surface area contributed by atoms with E-state index < -0.39 is 10.0 Å². The minimum atomic E-state index is -3.67. The van der Waals surface area contributed by atoms with Gasteiger partial charge in [0.05, 0.1) is 12.4 Å². The van der Waals surface area contributed by atoms with Gasteiger partial charge in [-0.15, -0.1) is 0 Å². The van der Waals surface area contributed by atoms with E-state index in [9.17, 15) is 8.42 Å². The maximum atomic E-state index is 12.6. The molecule has 0 saturated heterocycles. The first-order chi connectivity index (χ1) is 11.6. The number of aromatic nitrogens is 3. The highest BCUT2D eigenvalue weighted by molar-refractivity contribution is 7.89. The molecule has 2 aromatic heterocycles. The Hall–Kier alpha value is -2.51. The van der Waals surface area contributed by atoms with E-state index in [1.807, 2.05) is 43.3 Å². The van der Waals surface area contributed by atoms with Crippen LogP contribution in [0.3, 0.4) is 0 Å². The van der Waals surface area contributed by atoms with Crippen LogP contribution in [-0.2, 0) is 10.0 Å². The van der Waals surface area contributed by atoms with Gasteiger partial charge >= 0.3 is 0 Å². The fourth-order valence-electron chi connectivity index (χ4n) is 2.39. The van der Waals surface area contributed by atoms with Crippen molar-refractivity contribution in [3.05, 3.63) is 72.7 Å². The first kappa shape index (κ1) is 16.4. The Bertz CT molecular complexity index is 893. The Labute approximate surface area is 141 Å². The highest BCUT2D eigenvalue weighted by Crippen LogP contribution is 2.20. The third-order valence-electron chi connectivity index (χ3n) is 3.66. The van der Waals surface area contributed by atoms with Crippen LogP contribution in [0.5, 0.6) is 0 Å². The van der Waals surface area contributed by atoms with Crippen LogP contribution < -0.4 is 4.72 Å². The lowest BCUT2D eigenvalue weighted by atomic mass is 10.1. The quantitative estimate of drug-likeness (QED) is 0.747. The molecule has 3 aromatic rings. The monoisotopic (exact) mass is 342 g/mol. The first-order valence-electron chi connectivity index (χ1n) is 7.63. The minimum absolute atomic E-state index is 0.113. The molecule has 1 aromatic carbocycles. The number of nitrogens with zero attached hydrogens (tertiary/aromatic N) is 3. The molecule has 0 saturated carbocycles. The average Bonchev–Trinajstić information content (AvgIpc) is 3.12. The number of pyridine rings is 1. The standard InChI is InChI=1S/C17H18N4O2S/c1-2-16(14-8-4-3-5-9-14)20-24(22,23)15-12-19-21(13-15)17-10-6-7-11-18-17/h3-13,16,20H,2H2,1H3/t16-/m0/s1. The molecule has 3 rings (SSSR count). The van der Waals surface area contributed by atoms with Gasteiger partial charge in [0.25, 0.3) is 0 Å². The zero-order valence-electron chi connectivity index (χ0n) is 13.2. The number of hydrogen-bond acceptors (Lipinski definition) is 4. The van der Waals surface area contributed by atoms with Gasteiger partial charge < -0.3 is 0 Å². The van der Waals surface area contributed by atoms with Crippen LogP contribution in [0.1, 0.15) is 24.9 Å². The molecule has 0 radical (unpaired) electrons. The van der Waals surface area contributed by atoms with E-state index in [1.54, 1.807) is 18.3 Å². The summed E-state index contributed by atoms with van der Waals surface area (Å²) in [6.07, 6.45) is 5.07. The second-order valence-corrected chi connectivity index (χ2v) is 7.02. The van der Waals surface area contributed by atoms with Crippen molar-refractivity contribution in [2.75, 3.05) is 0 Å². The predicted octanol–water partition coefficient (Wildman–Crippen LogP) is 2.70. The van der Waals surface area contributed by atoms with Crippen LogP contribution in [0.25, 0.3) is 5.82 Å². The summed E-state index contributed by atoms with van der Waals surface area (Å²) in [5.74, 6) is 0.564. The van der Waals surface area contributed by atoms with Gasteiger partial charge in [-0.3, -0.25) is 0 Å². The molecule has 1 atom stereocenters. The van der Waals surface area contributed by atoms with Crippen LogP contribution in [-0.4, -0.2) is 23.2 Å². The van der Waals surface area contributed by atoms with Crippen molar-refractivity contribution in [3.63, 3.8) is 0 Å².